The first-order chi connectivity index (χ1) is 10.7. The highest BCUT2D eigenvalue weighted by Crippen LogP contribution is 2.20. The number of hydrogen-bond acceptors (Lipinski definition) is 3. The molecule has 1 heterocycles. The van der Waals surface area contributed by atoms with Crippen LogP contribution in [0.5, 0.6) is 0 Å². The van der Waals surface area contributed by atoms with Crippen LogP contribution in [0.3, 0.4) is 0 Å². The van der Waals surface area contributed by atoms with Crippen molar-refractivity contribution in [2.24, 2.45) is 0 Å². The van der Waals surface area contributed by atoms with Gasteiger partial charge < -0.3 is 14.8 Å². The monoisotopic (exact) mass is 320 g/mol. The first-order valence-corrected chi connectivity index (χ1v) is 8.39. The third-order valence-electron chi connectivity index (χ3n) is 4.25. The van der Waals surface area contributed by atoms with E-state index in [1.54, 1.807) is 13.1 Å². The van der Waals surface area contributed by atoms with Gasteiger partial charge in [0.25, 0.3) is 0 Å². The molecule has 130 valence electrons. The molecule has 0 saturated heterocycles. The average Bonchev–Trinajstić information content (AvgIpc) is 2.83. The highest BCUT2D eigenvalue weighted by atomic mass is 16.3. The van der Waals surface area contributed by atoms with E-state index < -0.39 is 11.7 Å². The van der Waals surface area contributed by atoms with Crippen molar-refractivity contribution < 1.29 is 10.2 Å². The Morgan fingerprint density at radius 3 is 2.57 bits per heavy atom. The lowest BCUT2D eigenvalue weighted by Gasteiger charge is -2.29. The zero-order valence-corrected chi connectivity index (χ0v) is 15.2. The summed E-state index contributed by atoms with van der Waals surface area (Å²) in [7, 11) is 0. The topological polar surface area (TPSA) is 58.3 Å². The molecule has 0 spiro atoms. The smallest absolute Gasteiger partial charge is 0.105 e. The number of rotatable bonds is 9. The molecule has 1 aromatic rings. The van der Waals surface area contributed by atoms with Gasteiger partial charge in [-0.15, -0.1) is 0 Å². The van der Waals surface area contributed by atoms with Crippen molar-refractivity contribution in [1.82, 2.24) is 9.55 Å². The standard InChI is InChI=1S/C19H32N2O2/c1-15(2)8-6-9-16(3)10-7-11-19(5,23)18(22)14-21-13-12-20-17(21)4/h8,10,12-13,18,22-23H,6-7,9,11,14H2,1-5H3. The highest BCUT2D eigenvalue weighted by molar-refractivity contribution is 5.03. The first kappa shape index (κ1) is 19.7. The predicted octanol–water partition coefficient (Wildman–Crippen LogP) is 3.78. The van der Waals surface area contributed by atoms with Crippen molar-refractivity contribution >= 4 is 0 Å². The molecule has 0 radical (unpaired) electrons. The molecule has 23 heavy (non-hydrogen) atoms. The van der Waals surface area contributed by atoms with Crippen LogP contribution >= 0.6 is 0 Å². The third-order valence-corrected chi connectivity index (χ3v) is 4.25. The summed E-state index contributed by atoms with van der Waals surface area (Å²) < 4.78 is 1.86. The summed E-state index contributed by atoms with van der Waals surface area (Å²) in [5.74, 6) is 0.842. The summed E-state index contributed by atoms with van der Waals surface area (Å²) in [6.45, 7) is 10.3. The summed E-state index contributed by atoms with van der Waals surface area (Å²) in [5.41, 5.74) is 1.57. The molecular formula is C19H32N2O2. The van der Waals surface area contributed by atoms with E-state index in [1.165, 1.54) is 11.1 Å². The molecule has 0 aliphatic rings. The van der Waals surface area contributed by atoms with Gasteiger partial charge in [0.2, 0.25) is 0 Å². The lowest BCUT2D eigenvalue weighted by molar-refractivity contribution is -0.0732. The van der Waals surface area contributed by atoms with Gasteiger partial charge in [-0.3, -0.25) is 0 Å². The van der Waals surface area contributed by atoms with Gasteiger partial charge in [-0.1, -0.05) is 23.3 Å². The van der Waals surface area contributed by atoms with E-state index in [0.717, 1.165) is 25.1 Å². The van der Waals surface area contributed by atoms with Gasteiger partial charge in [0.05, 0.1) is 12.1 Å². The minimum atomic E-state index is -1.10. The molecule has 1 rings (SSSR count). The normalized spacial score (nSPS) is 16.0. The lowest BCUT2D eigenvalue weighted by Crippen LogP contribution is -2.42. The number of aromatic nitrogens is 2. The van der Waals surface area contributed by atoms with Crippen LogP contribution in [0.15, 0.2) is 35.7 Å². The van der Waals surface area contributed by atoms with E-state index in [-0.39, 0.29) is 0 Å². The maximum Gasteiger partial charge on any atom is 0.105 e. The molecule has 2 unspecified atom stereocenters. The Bertz CT molecular complexity index is 537. The van der Waals surface area contributed by atoms with Crippen molar-refractivity contribution in [3.63, 3.8) is 0 Å². The Balaban J connectivity index is 2.44. The second-order valence-electron chi connectivity index (χ2n) is 6.91. The van der Waals surface area contributed by atoms with Crippen molar-refractivity contribution in [2.75, 3.05) is 0 Å². The molecule has 0 saturated carbocycles. The van der Waals surface area contributed by atoms with E-state index in [0.29, 0.717) is 13.0 Å². The van der Waals surface area contributed by atoms with E-state index in [4.69, 9.17) is 0 Å². The number of nitrogens with zero attached hydrogens (tertiary/aromatic N) is 2. The quantitative estimate of drug-likeness (QED) is 0.681. The molecule has 4 nitrogen and oxygen atoms in total. The fourth-order valence-electron chi connectivity index (χ4n) is 2.45. The number of aryl methyl sites for hydroxylation is 1. The molecule has 0 fully saturated rings. The number of hydrogen-bond donors (Lipinski definition) is 2. The molecule has 0 bridgehead atoms. The summed E-state index contributed by atoms with van der Waals surface area (Å²) in [6.07, 6.45) is 10.5. The van der Waals surface area contributed by atoms with Gasteiger partial charge in [0, 0.05) is 12.4 Å². The average molecular weight is 320 g/mol. The number of aliphatic hydroxyl groups is 2. The molecule has 0 aromatic carbocycles. The predicted molar refractivity (Wildman–Crippen MR) is 95.3 cm³/mol. The van der Waals surface area contributed by atoms with Gasteiger partial charge in [-0.25, -0.2) is 4.98 Å². The van der Waals surface area contributed by atoms with Crippen LogP contribution in [0.4, 0.5) is 0 Å². The van der Waals surface area contributed by atoms with Gasteiger partial charge in [-0.05, 0) is 60.3 Å². The maximum absolute atomic E-state index is 10.5. The van der Waals surface area contributed by atoms with Crippen LogP contribution < -0.4 is 0 Å². The Hall–Kier alpha value is -1.39. The van der Waals surface area contributed by atoms with Crippen LogP contribution in [0, 0.1) is 6.92 Å². The molecule has 0 aliphatic heterocycles. The Morgan fingerprint density at radius 2 is 2.00 bits per heavy atom. The Morgan fingerprint density at radius 1 is 1.30 bits per heavy atom. The summed E-state index contributed by atoms with van der Waals surface area (Å²) in [4.78, 5) is 4.13. The van der Waals surface area contributed by atoms with Gasteiger partial charge >= 0.3 is 0 Å². The largest absolute Gasteiger partial charge is 0.388 e. The van der Waals surface area contributed by atoms with E-state index >= 15 is 0 Å². The third kappa shape index (κ3) is 7.14. The second kappa shape index (κ2) is 9.04. The minimum Gasteiger partial charge on any atom is -0.388 e. The molecule has 0 amide bonds. The van der Waals surface area contributed by atoms with Crippen LogP contribution in [-0.4, -0.2) is 31.5 Å². The van der Waals surface area contributed by atoms with Gasteiger partial charge in [-0.2, -0.15) is 0 Å². The highest BCUT2D eigenvalue weighted by Gasteiger charge is 2.29. The van der Waals surface area contributed by atoms with Crippen molar-refractivity contribution in [3.8, 4) is 0 Å². The first-order valence-electron chi connectivity index (χ1n) is 8.39. The number of imidazole rings is 1. The maximum atomic E-state index is 10.5. The molecule has 2 atom stereocenters. The van der Waals surface area contributed by atoms with Crippen LogP contribution in [0.25, 0.3) is 0 Å². The number of aliphatic hydroxyl groups excluding tert-OH is 1. The van der Waals surface area contributed by atoms with Crippen LogP contribution in [-0.2, 0) is 6.54 Å². The van der Waals surface area contributed by atoms with E-state index in [2.05, 4.69) is 37.9 Å². The molecule has 4 heteroatoms. The SMILES string of the molecule is CC(C)=CCCC(C)=CCCC(C)(O)C(O)Cn1ccnc1C. The van der Waals surface area contributed by atoms with Gasteiger partial charge in [0.1, 0.15) is 11.9 Å². The van der Waals surface area contributed by atoms with Gasteiger partial charge in [0.15, 0.2) is 0 Å². The Labute approximate surface area is 140 Å². The summed E-state index contributed by atoms with van der Waals surface area (Å²) >= 11 is 0. The second-order valence-corrected chi connectivity index (χ2v) is 6.91. The van der Waals surface area contributed by atoms with Crippen molar-refractivity contribution in [2.45, 2.75) is 78.6 Å². The van der Waals surface area contributed by atoms with Crippen molar-refractivity contribution in [3.05, 3.63) is 41.5 Å². The van der Waals surface area contributed by atoms with E-state index in [9.17, 15) is 10.2 Å². The Kier molecular flexibility index (Phi) is 7.73. The molecule has 1 aromatic heterocycles. The molecule has 2 N–H and O–H groups in total. The number of allylic oxidation sites excluding steroid dienone is 4. The van der Waals surface area contributed by atoms with Crippen LogP contribution in [0.1, 0.15) is 59.2 Å². The molecular weight excluding hydrogens is 288 g/mol. The fourth-order valence-corrected chi connectivity index (χ4v) is 2.45. The van der Waals surface area contributed by atoms with Crippen molar-refractivity contribution in [1.29, 1.82) is 0 Å². The molecule has 0 aliphatic carbocycles. The summed E-state index contributed by atoms with van der Waals surface area (Å²) in [5, 5.41) is 20.8. The minimum absolute atomic E-state index is 0.363. The zero-order chi connectivity index (χ0) is 17.5. The zero-order valence-electron chi connectivity index (χ0n) is 15.2. The fraction of sp³-hybridized carbons (Fsp3) is 0.632. The lowest BCUT2D eigenvalue weighted by atomic mass is 9.92. The van der Waals surface area contributed by atoms with Crippen LogP contribution in [0.2, 0.25) is 0 Å². The van der Waals surface area contributed by atoms with E-state index in [1.807, 2.05) is 17.7 Å². The summed E-state index contributed by atoms with van der Waals surface area (Å²) in [6, 6.07) is 0.